The van der Waals surface area contributed by atoms with Crippen LogP contribution in [0.2, 0.25) is 15.1 Å². The summed E-state index contributed by atoms with van der Waals surface area (Å²) < 4.78 is 5.29. The highest BCUT2D eigenvalue weighted by Crippen LogP contribution is 2.35. The first-order valence-electron chi connectivity index (χ1n) is 3.71. The summed E-state index contributed by atoms with van der Waals surface area (Å²) in [4.78, 5) is 0. The molecule has 0 saturated carbocycles. The number of rotatable bonds is 3. The van der Waals surface area contributed by atoms with Gasteiger partial charge in [-0.05, 0) is 12.1 Å². The van der Waals surface area contributed by atoms with Gasteiger partial charge in [0.15, 0.2) is 5.75 Å². The molecule has 72 valence electrons. The van der Waals surface area contributed by atoms with Gasteiger partial charge in [0.2, 0.25) is 0 Å². The van der Waals surface area contributed by atoms with Crippen LogP contribution >= 0.6 is 34.8 Å². The molecule has 2 nitrogen and oxygen atoms in total. The van der Waals surface area contributed by atoms with E-state index < -0.39 is 0 Å². The van der Waals surface area contributed by atoms with Gasteiger partial charge in [-0.2, -0.15) is 0 Å². The van der Waals surface area contributed by atoms with Crippen molar-refractivity contribution in [3.05, 3.63) is 27.2 Å². The van der Waals surface area contributed by atoms with Crippen LogP contribution in [-0.4, -0.2) is 13.2 Å². The van der Waals surface area contributed by atoms with E-state index >= 15 is 0 Å². The van der Waals surface area contributed by atoms with E-state index in [0.29, 0.717) is 34.0 Å². The predicted molar refractivity (Wildman–Crippen MR) is 54.7 cm³/mol. The Labute approximate surface area is 91.5 Å². The normalized spacial score (nSPS) is 10.2. The smallest absolute Gasteiger partial charge is 0.156 e. The van der Waals surface area contributed by atoms with Crippen molar-refractivity contribution < 1.29 is 10.5 Å². The van der Waals surface area contributed by atoms with E-state index in [4.69, 9.17) is 39.5 Å². The molecular weight excluding hydrogens is 232 g/mol. The molecule has 0 heterocycles. The van der Waals surface area contributed by atoms with Crippen LogP contribution in [-0.2, 0) is 0 Å². The zero-order valence-corrected chi connectivity index (χ0v) is 9.09. The molecule has 0 aliphatic heterocycles. The largest absolute Gasteiger partial charge is 0.485 e. The standard InChI is InChI=1S/C8H8Cl3NO/c9-5-3-6(10)8(7(11)4-5)13-2-1-12/h3-4H,1-2,12H2/p+1. The van der Waals surface area contributed by atoms with Crippen LogP contribution in [0.15, 0.2) is 12.1 Å². The minimum atomic E-state index is 0.422. The summed E-state index contributed by atoms with van der Waals surface area (Å²) in [6, 6.07) is 3.18. The molecule has 3 N–H and O–H groups in total. The van der Waals surface area contributed by atoms with E-state index in [1.165, 1.54) is 0 Å². The molecule has 0 bridgehead atoms. The molecule has 0 fully saturated rings. The first-order valence-corrected chi connectivity index (χ1v) is 4.85. The third-order valence-electron chi connectivity index (χ3n) is 1.35. The van der Waals surface area contributed by atoms with Gasteiger partial charge in [-0.1, -0.05) is 34.8 Å². The van der Waals surface area contributed by atoms with E-state index in [0.717, 1.165) is 0 Å². The first-order chi connectivity index (χ1) is 6.15. The highest BCUT2D eigenvalue weighted by molar-refractivity contribution is 6.40. The molecule has 0 atom stereocenters. The van der Waals surface area contributed by atoms with Crippen LogP contribution in [0.4, 0.5) is 0 Å². The van der Waals surface area contributed by atoms with Crippen LogP contribution in [0.1, 0.15) is 0 Å². The summed E-state index contributed by atoms with van der Waals surface area (Å²) in [7, 11) is 0. The number of halogens is 3. The fourth-order valence-corrected chi connectivity index (χ4v) is 1.77. The molecule has 0 aliphatic rings. The minimum absolute atomic E-state index is 0.422. The van der Waals surface area contributed by atoms with Gasteiger partial charge in [0.25, 0.3) is 0 Å². The Hall–Kier alpha value is -0.150. The SMILES string of the molecule is [NH3+]CCOc1c(Cl)cc(Cl)cc1Cl. The number of hydrogen-bond donors (Lipinski definition) is 1. The maximum absolute atomic E-state index is 5.86. The van der Waals surface area contributed by atoms with Crippen molar-refractivity contribution in [3.8, 4) is 5.75 Å². The van der Waals surface area contributed by atoms with E-state index in [-0.39, 0.29) is 0 Å². The van der Waals surface area contributed by atoms with E-state index in [1.807, 2.05) is 0 Å². The lowest BCUT2D eigenvalue weighted by molar-refractivity contribution is -0.370. The number of quaternary nitrogens is 1. The number of benzene rings is 1. The van der Waals surface area contributed by atoms with Crippen molar-refractivity contribution in [2.45, 2.75) is 0 Å². The highest BCUT2D eigenvalue weighted by Gasteiger charge is 2.08. The van der Waals surface area contributed by atoms with Crippen molar-refractivity contribution in [1.82, 2.24) is 0 Å². The summed E-state index contributed by atoms with van der Waals surface area (Å²) in [5.41, 5.74) is 3.64. The molecule has 0 radical (unpaired) electrons. The Bertz CT molecular complexity index is 280. The Morgan fingerprint density at radius 2 is 1.69 bits per heavy atom. The second kappa shape index (κ2) is 4.91. The molecule has 0 unspecified atom stereocenters. The molecule has 1 rings (SSSR count). The van der Waals surface area contributed by atoms with Crippen LogP contribution < -0.4 is 10.5 Å². The number of ether oxygens (including phenoxy) is 1. The zero-order chi connectivity index (χ0) is 9.84. The van der Waals surface area contributed by atoms with Gasteiger partial charge >= 0.3 is 0 Å². The molecular formula is C8H9Cl3NO+. The van der Waals surface area contributed by atoms with Crippen LogP contribution in [0.25, 0.3) is 0 Å². The molecule has 13 heavy (non-hydrogen) atoms. The van der Waals surface area contributed by atoms with Crippen LogP contribution in [0.3, 0.4) is 0 Å². The number of hydrogen-bond acceptors (Lipinski definition) is 1. The van der Waals surface area contributed by atoms with Gasteiger partial charge in [0.05, 0.1) is 10.0 Å². The average molecular weight is 242 g/mol. The van der Waals surface area contributed by atoms with Gasteiger partial charge in [0.1, 0.15) is 13.2 Å². The summed E-state index contributed by atoms with van der Waals surface area (Å²) in [6.45, 7) is 1.15. The average Bonchev–Trinajstić information content (AvgIpc) is 2.02. The quantitative estimate of drug-likeness (QED) is 0.866. The second-order valence-corrected chi connectivity index (χ2v) is 3.65. The fraction of sp³-hybridized carbons (Fsp3) is 0.250. The maximum atomic E-state index is 5.86. The van der Waals surface area contributed by atoms with E-state index in [9.17, 15) is 0 Å². The molecule has 5 heteroatoms. The summed E-state index contributed by atoms with van der Waals surface area (Å²) >= 11 is 17.4. The molecule has 0 aromatic heterocycles. The molecule has 0 spiro atoms. The van der Waals surface area contributed by atoms with Crippen molar-refractivity contribution in [3.63, 3.8) is 0 Å². The zero-order valence-electron chi connectivity index (χ0n) is 6.82. The lowest BCUT2D eigenvalue weighted by Gasteiger charge is -2.07. The molecule has 0 aliphatic carbocycles. The van der Waals surface area contributed by atoms with Gasteiger partial charge in [-0.15, -0.1) is 0 Å². The molecule has 1 aromatic rings. The third-order valence-corrected chi connectivity index (χ3v) is 2.13. The maximum Gasteiger partial charge on any atom is 0.156 e. The van der Waals surface area contributed by atoms with Crippen LogP contribution in [0.5, 0.6) is 5.75 Å². The Balaban J connectivity index is 2.92. The fourth-order valence-electron chi connectivity index (χ4n) is 0.841. The second-order valence-electron chi connectivity index (χ2n) is 2.40. The van der Waals surface area contributed by atoms with E-state index in [1.54, 1.807) is 12.1 Å². The molecule has 0 amide bonds. The summed E-state index contributed by atoms with van der Waals surface area (Å²) in [5.74, 6) is 0.469. The van der Waals surface area contributed by atoms with Gasteiger partial charge in [-0.25, -0.2) is 0 Å². The van der Waals surface area contributed by atoms with Crippen molar-refractivity contribution in [2.24, 2.45) is 0 Å². The predicted octanol–water partition coefficient (Wildman–Crippen LogP) is 2.27. The highest BCUT2D eigenvalue weighted by atomic mass is 35.5. The van der Waals surface area contributed by atoms with Crippen molar-refractivity contribution in [2.75, 3.05) is 13.2 Å². The summed E-state index contributed by atoms with van der Waals surface area (Å²) in [6.07, 6.45) is 0. The van der Waals surface area contributed by atoms with Gasteiger partial charge in [0, 0.05) is 5.02 Å². The minimum Gasteiger partial charge on any atom is -0.485 e. The Morgan fingerprint density at radius 1 is 1.15 bits per heavy atom. The third kappa shape index (κ3) is 2.92. The Kier molecular flexibility index (Phi) is 4.13. The monoisotopic (exact) mass is 240 g/mol. The van der Waals surface area contributed by atoms with E-state index in [2.05, 4.69) is 5.73 Å². The van der Waals surface area contributed by atoms with Crippen molar-refractivity contribution in [1.29, 1.82) is 0 Å². The summed E-state index contributed by atoms with van der Waals surface area (Å²) in [5, 5.41) is 1.34. The molecule has 1 aromatic carbocycles. The molecule has 0 saturated heterocycles. The Morgan fingerprint density at radius 3 is 2.15 bits per heavy atom. The first kappa shape index (κ1) is 10.9. The van der Waals surface area contributed by atoms with Gasteiger partial charge < -0.3 is 10.5 Å². The van der Waals surface area contributed by atoms with Gasteiger partial charge in [-0.3, -0.25) is 0 Å². The van der Waals surface area contributed by atoms with Crippen molar-refractivity contribution >= 4 is 34.8 Å². The lowest BCUT2D eigenvalue weighted by atomic mass is 10.3. The topological polar surface area (TPSA) is 36.9 Å². The van der Waals surface area contributed by atoms with Crippen LogP contribution in [0, 0.1) is 0 Å². The lowest BCUT2D eigenvalue weighted by Crippen LogP contribution is -2.52.